The normalized spacial score (nSPS) is 18.3. The Bertz CT molecular complexity index is 195. The zero-order valence-electron chi connectivity index (χ0n) is 10.8. The van der Waals surface area contributed by atoms with Crippen LogP contribution in [0.4, 0.5) is 0 Å². The predicted molar refractivity (Wildman–Crippen MR) is 64.9 cm³/mol. The van der Waals surface area contributed by atoms with Gasteiger partial charge in [-0.2, -0.15) is 0 Å². The highest BCUT2D eigenvalue weighted by Gasteiger charge is 2.28. The average molecular weight is 214 g/mol. The van der Waals surface area contributed by atoms with E-state index in [0.29, 0.717) is 5.92 Å². The summed E-state index contributed by atoms with van der Waals surface area (Å²) in [6.45, 7) is 14.5. The second kappa shape index (κ2) is 5.66. The van der Waals surface area contributed by atoms with Crippen LogP contribution in [-0.2, 0) is 4.74 Å². The molecule has 0 saturated carbocycles. The van der Waals surface area contributed by atoms with Gasteiger partial charge in [-0.1, -0.05) is 13.0 Å². The molecular weight excluding hydrogens is 188 g/mol. The van der Waals surface area contributed by atoms with Crippen LogP contribution in [0.25, 0.3) is 0 Å². The molecule has 2 unspecified atom stereocenters. The van der Waals surface area contributed by atoms with E-state index in [1.54, 1.807) is 13.0 Å². The largest absolute Gasteiger partial charge is 0.386 e. The second-order valence-electron chi connectivity index (χ2n) is 5.04. The highest BCUT2D eigenvalue weighted by molar-refractivity contribution is 4.92. The van der Waals surface area contributed by atoms with Crippen LogP contribution >= 0.6 is 0 Å². The molecule has 2 heteroatoms. The summed E-state index contributed by atoms with van der Waals surface area (Å²) in [6, 6.07) is 0. The van der Waals surface area contributed by atoms with Gasteiger partial charge in [0.25, 0.3) is 0 Å². The van der Waals surface area contributed by atoms with Gasteiger partial charge in [-0.15, -0.1) is 6.58 Å². The summed E-state index contributed by atoms with van der Waals surface area (Å²) >= 11 is 0. The predicted octanol–water partition coefficient (Wildman–Crippen LogP) is 3.15. The summed E-state index contributed by atoms with van der Waals surface area (Å²) in [6.07, 6.45) is 3.27. The summed E-state index contributed by atoms with van der Waals surface area (Å²) in [5.74, 6) is 0.420. The van der Waals surface area contributed by atoms with Gasteiger partial charge in [0, 0.05) is 6.61 Å². The molecule has 0 fully saturated rings. The van der Waals surface area contributed by atoms with E-state index in [2.05, 4.69) is 27.4 Å². The minimum atomic E-state index is -0.753. The molecule has 0 heterocycles. The topological polar surface area (TPSA) is 29.5 Å². The van der Waals surface area contributed by atoms with E-state index < -0.39 is 5.60 Å². The molecule has 90 valence electrons. The van der Waals surface area contributed by atoms with Crippen molar-refractivity contribution in [2.45, 2.75) is 58.7 Å². The zero-order chi connectivity index (χ0) is 12.1. The standard InChI is InChI=1S/C13H26O2/c1-7-13(6,14)10-9-11(3)12(4,5)15-8-2/h7,11,14H,1,8-10H2,2-6H3. The van der Waals surface area contributed by atoms with Gasteiger partial charge in [0.05, 0.1) is 11.2 Å². The molecular formula is C13H26O2. The third-order valence-corrected chi connectivity index (χ3v) is 3.23. The van der Waals surface area contributed by atoms with Gasteiger partial charge in [-0.3, -0.25) is 0 Å². The van der Waals surface area contributed by atoms with Crippen LogP contribution in [0.5, 0.6) is 0 Å². The quantitative estimate of drug-likeness (QED) is 0.660. The lowest BCUT2D eigenvalue weighted by atomic mass is 9.85. The molecule has 2 nitrogen and oxygen atoms in total. The van der Waals surface area contributed by atoms with Crippen molar-refractivity contribution in [3.8, 4) is 0 Å². The summed E-state index contributed by atoms with van der Waals surface area (Å²) in [5, 5.41) is 9.81. The van der Waals surface area contributed by atoms with Crippen LogP contribution in [0.1, 0.15) is 47.5 Å². The number of hydrogen-bond acceptors (Lipinski definition) is 2. The first-order valence-corrected chi connectivity index (χ1v) is 5.75. The molecule has 1 N–H and O–H groups in total. The second-order valence-corrected chi connectivity index (χ2v) is 5.04. The van der Waals surface area contributed by atoms with Crippen LogP contribution in [0, 0.1) is 5.92 Å². The zero-order valence-corrected chi connectivity index (χ0v) is 10.8. The maximum absolute atomic E-state index is 9.81. The molecule has 0 aliphatic carbocycles. The molecule has 0 aliphatic heterocycles. The molecule has 0 saturated heterocycles. The van der Waals surface area contributed by atoms with E-state index in [4.69, 9.17) is 4.74 Å². The molecule has 0 aromatic carbocycles. The Labute approximate surface area is 94.3 Å². The first-order valence-electron chi connectivity index (χ1n) is 5.75. The van der Waals surface area contributed by atoms with E-state index in [0.717, 1.165) is 19.4 Å². The molecule has 0 spiro atoms. The van der Waals surface area contributed by atoms with E-state index >= 15 is 0 Å². The SMILES string of the molecule is C=CC(C)(O)CCC(C)C(C)(C)OCC. The number of rotatable bonds is 7. The average Bonchev–Trinajstić information content (AvgIpc) is 2.14. The van der Waals surface area contributed by atoms with Crippen molar-refractivity contribution in [3.05, 3.63) is 12.7 Å². The van der Waals surface area contributed by atoms with Crippen LogP contribution in [0.3, 0.4) is 0 Å². The lowest BCUT2D eigenvalue weighted by Crippen LogP contribution is -2.34. The molecule has 0 rings (SSSR count). The number of aliphatic hydroxyl groups is 1. The van der Waals surface area contributed by atoms with Crippen molar-refractivity contribution in [2.24, 2.45) is 5.92 Å². The molecule has 2 atom stereocenters. The summed E-state index contributed by atoms with van der Waals surface area (Å²) in [5.41, 5.74) is -0.872. The molecule has 15 heavy (non-hydrogen) atoms. The summed E-state index contributed by atoms with van der Waals surface area (Å²) < 4.78 is 5.68. The van der Waals surface area contributed by atoms with E-state index in [9.17, 15) is 5.11 Å². The van der Waals surface area contributed by atoms with Gasteiger partial charge in [0.1, 0.15) is 0 Å². The van der Waals surface area contributed by atoms with Gasteiger partial charge < -0.3 is 9.84 Å². The smallest absolute Gasteiger partial charge is 0.0797 e. The third-order valence-electron chi connectivity index (χ3n) is 3.23. The molecule has 0 aromatic heterocycles. The Morgan fingerprint density at radius 1 is 1.40 bits per heavy atom. The third kappa shape index (κ3) is 5.33. The Hall–Kier alpha value is -0.340. The van der Waals surface area contributed by atoms with E-state index in [1.165, 1.54) is 0 Å². The Balaban J connectivity index is 4.13. The highest BCUT2D eigenvalue weighted by atomic mass is 16.5. The molecule has 0 aromatic rings. The number of hydrogen-bond donors (Lipinski definition) is 1. The molecule has 0 aliphatic rings. The van der Waals surface area contributed by atoms with Gasteiger partial charge in [-0.25, -0.2) is 0 Å². The van der Waals surface area contributed by atoms with E-state index in [-0.39, 0.29) is 5.60 Å². The van der Waals surface area contributed by atoms with Crippen LogP contribution < -0.4 is 0 Å². The van der Waals surface area contributed by atoms with Crippen molar-refractivity contribution < 1.29 is 9.84 Å². The maximum atomic E-state index is 9.81. The van der Waals surface area contributed by atoms with Crippen LogP contribution in [0.2, 0.25) is 0 Å². The van der Waals surface area contributed by atoms with Crippen molar-refractivity contribution in [3.63, 3.8) is 0 Å². The fourth-order valence-corrected chi connectivity index (χ4v) is 1.47. The minimum Gasteiger partial charge on any atom is -0.386 e. The molecule has 0 amide bonds. The highest BCUT2D eigenvalue weighted by Crippen LogP contribution is 2.27. The van der Waals surface area contributed by atoms with Crippen molar-refractivity contribution >= 4 is 0 Å². The summed E-state index contributed by atoms with van der Waals surface area (Å²) in [4.78, 5) is 0. The fraction of sp³-hybridized carbons (Fsp3) is 0.846. The van der Waals surface area contributed by atoms with Crippen molar-refractivity contribution in [1.29, 1.82) is 0 Å². The number of ether oxygens (including phenoxy) is 1. The monoisotopic (exact) mass is 214 g/mol. The Morgan fingerprint density at radius 2 is 1.93 bits per heavy atom. The summed E-state index contributed by atoms with van der Waals surface area (Å²) in [7, 11) is 0. The lowest BCUT2D eigenvalue weighted by molar-refractivity contribution is -0.0558. The lowest BCUT2D eigenvalue weighted by Gasteiger charge is -2.33. The van der Waals surface area contributed by atoms with Gasteiger partial charge in [0.15, 0.2) is 0 Å². The molecule has 0 radical (unpaired) electrons. The fourth-order valence-electron chi connectivity index (χ4n) is 1.47. The van der Waals surface area contributed by atoms with Gasteiger partial charge >= 0.3 is 0 Å². The van der Waals surface area contributed by atoms with Crippen molar-refractivity contribution in [1.82, 2.24) is 0 Å². The molecule has 0 bridgehead atoms. The Kier molecular flexibility index (Phi) is 5.54. The van der Waals surface area contributed by atoms with Gasteiger partial charge in [-0.05, 0) is 46.5 Å². The van der Waals surface area contributed by atoms with Crippen LogP contribution in [-0.4, -0.2) is 22.9 Å². The first-order chi connectivity index (χ1) is 6.75. The van der Waals surface area contributed by atoms with Crippen molar-refractivity contribution in [2.75, 3.05) is 6.61 Å². The van der Waals surface area contributed by atoms with E-state index in [1.807, 2.05) is 6.92 Å². The van der Waals surface area contributed by atoms with Gasteiger partial charge in [0.2, 0.25) is 0 Å². The maximum Gasteiger partial charge on any atom is 0.0797 e. The first kappa shape index (κ1) is 14.7. The Morgan fingerprint density at radius 3 is 2.33 bits per heavy atom. The minimum absolute atomic E-state index is 0.119. The van der Waals surface area contributed by atoms with Crippen LogP contribution in [0.15, 0.2) is 12.7 Å².